The Morgan fingerprint density at radius 3 is 2.33 bits per heavy atom. The number of rotatable bonds is 8. The van der Waals surface area contributed by atoms with Gasteiger partial charge in [-0.05, 0) is 67.2 Å². The van der Waals surface area contributed by atoms with Gasteiger partial charge in [-0.1, -0.05) is 41.9 Å². The number of nitrogens with zero attached hydrogens (tertiary/aromatic N) is 1. The van der Waals surface area contributed by atoms with E-state index in [2.05, 4.69) is 16.3 Å². The molecule has 0 spiro atoms. The normalized spacial score (nSPS) is 10.4. The van der Waals surface area contributed by atoms with E-state index in [0.717, 1.165) is 28.3 Å². The average molecular weight is 441 g/mol. The Labute approximate surface area is 188 Å². The Hall–Kier alpha value is -2.76. The molecule has 0 aliphatic rings. The minimum Gasteiger partial charge on any atom is -0.497 e. The summed E-state index contributed by atoms with van der Waals surface area (Å²) in [6, 6.07) is 23.5. The molecule has 0 radical (unpaired) electrons. The zero-order valence-electron chi connectivity index (χ0n) is 17.1. The third kappa shape index (κ3) is 6.12. The maximum absolute atomic E-state index is 6.00. The molecule has 0 saturated carbocycles. The third-order valence-electron chi connectivity index (χ3n) is 4.55. The number of ether oxygens (including phenoxy) is 2. The highest BCUT2D eigenvalue weighted by molar-refractivity contribution is 7.80. The van der Waals surface area contributed by atoms with Crippen LogP contribution in [0.2, 0.25) is 5.02 Å². The molecule has 3 aromatic carbocycles. The Morgan fingerprint density at radius 2 is 1.67 bits per heavy atom. The van der Waals surface area contributed by atoms with Crippen molar-refractivity contribution in [2.24, 2.45) is 0 Å². The van der Waals surface area contributed by atoms with Gasteiger partial charge in [0.1, 0.15) is 11.5 Å². The summed E-state index contributed by atoms with van der Waals surface area (Å²) in [6.45, 7) is 3.85. The molecule has 0 atom stereocenters. The van der Waals surface area contributed by atoms with Gasteiger partial charge in [0.2, 0.25) is 0 Å². The number of hydrogen-bond acceptors (Lipinski definition) is 3. The number of hydrogen-bond donors (Lipinski definition) is 1. The Bertz CT molecular complexity index is 962. The van der Waals surface area contributed by atoms with Crippen molar-refractivity contribution < 1.29 is 9.47 Å². The van der Waals surface area contributed by atoms with Crippen LogP contribution in [-0.4, -0.2) is 23.7 Å². The summed E-state index contributed by atoms with van der Waals surface area (Å²) in [5, 5.41) is 4.63. The summed E-state index contributed by atoms with van der Waals surface area (Å²) in [5.41, 5.74) is 3.10. The molecule has 6 heteroatoms. The first-order valence-electron chi connectivity index (χ1n) is 9.74. The molecule has 156 valence electrons. The van der Waals surface area contributed by atoms with Crippen LogP contribution in [0, 0.1) is 0 Å². The van der Waals surface area contributed by atoms with E-state index in [1.54, 1.807) is 7.11 Å². The second kappa shape index (κ2) is 10.9. The van der Waals surface area contributed by atoms with Crippen molar-refractivity contribution in [3.8, 4) is 11.5 Å². The highest BCUT2D eigenvalue weighted by Gasteiger charge is 2.14. The quantitative estimate of drug-likeness (QED) is 0.425. The molecule has 0 unspecified atom stereocenters. The molecule has 4 nitrogen and oxygen atoms in total. The zero-order valence-corrected chi connectivity index (χ0v) is 18.7. The minimum atomic E-state index is 0.613. The van der Waals surface area contributed by atoms with Gasteiger partial charge < -0.3 is 19.7 Å². The van der Waals surface area contributed by atoms with Crippen molar-refractivity contribution in [3.05, 3.63) is 88.9 Å². The monoisotopic (exact) mass is 440 g/mol. The summed E-state index contributed by atoms with van der Waals surface area (Å²) in [5.74, 6) is 1.70. The third-order valence-corrected chi connectivity index (χ3v) is 5.16. The second-order valence-corrected chi connectivity index (χ2v) is 7.51. The van der Waals surface area contributed by atoms with Gasteiger partial charge in [-0.15, -0.1) is 0 Å². The minimum absolute atomic E-state index is 0.613. The zero-order chi connectivity index (χ0) is 21.3. The first-order chi connectivity index (χ1) is 14.6. The smallest absolute Gasteiger partial charge is 0.174 e. The molecule has 0 saturated heterocycles. The molecule has 30 heavy (non-hydrogen) atoms. The standard InChI is InChI=1S/C24H25ClN2O2S/c1-3-29-23-7-5-4-6-19(23)17-27(16-18-8-14-22(28-2)15-9-18)24(30)26-21-12-10-20(25)11-13-21/h4-15H,3,16-17H2,1-2H3,(H,26,30). The summed E-state index contributed by atoms with van der Waals surface area (Å²) in [4.78, 5) is 2.11. The number of methoxy groups -OCH3 is 1. The van der Waals surface area contributed by atoms with Crippen molar-refractivity contribution in [1.29, 1.82) is 0 Å². The van der Waals surface area contributed by atoms with Crippen molar-refractivity contribution in [2.45, 2.75) is 20.0 Å². The lowest BCUT2D eigenvalue weighted by atomic mass is 10.1. The Morgan fingerprint density at radius 1 is 0.967 bits per heavy atom. The van der Waals surface area contributed by atoms with E-state index >= 15 is 0 Å². The van der Waals surface area contributed by atoms with Gasteiger partial charge in [0.05, 0.1) is 13.7 Å². The highest BCUT2D eigenvalue weighted by Crippen LogP contribution is 2.23. The molecule has 3 aromatic rings. The molecular formula is C24H25ClN2O2S. The van der Waals surface area contributed by atoms with E-state index < -0.39 is 0 Å². The molecule has 0 aromatic heterocycles. The van der Waals surface area contributed by atoms with Gasteiger partial charge >= 0.3 is 0 Å². The van der Waals surface area contributed by atoms with E-state index in [4.69, 9.17) is 33.3 Å². The maximum Gasteiger partial charge on any atom is 0.174 e. The van der Waals surface area contributed by atoms with Gasteiger partial charge in [-0.25, -0.2) is 0 Å². The van der Waals surface area contributed by atoms with Gasteiger partial charge in [0, 0.05) is 29.4 Å². The van der Waals surface area contributed by atoms with Gasteiger partial charge in [0.25, 0.3) is 0 Å². The lowest BCUT2D eigenvalue weighted by Gasteiger charge is -2.27. The van der Waals surface area contributed by atoms with Crippen LogP contribution in [0.25, 0.3) is 0 Å². The van der Waals surface area contributed by atoms with Crippen molar-refractivity contribution in [1.82, 2.24) is 4.90 Å². The van der Waals surface area contributed by atoms with Crippen LogP contribution >= 0.6 is 23.8 Å². The SMILES string of the molecule is CCOc1ccccc1CN(Cc1ccc(OC)cc1)C(=S)Nc1ccc(Cl)cc1. The highest BCUT2D eigenvalue weighted by atomic mass is 35.5. The molecule has 0 bridgehead atoms. The molecule has 0 aliphatic heterocycles. The van der Waals surface area contributed by atoms with Crippen LogP contribution in [-0.2, 0) is 13.1 Å². The van der Waals surface area contributed by atoms with Crippen molar-refractivity contribution in [3.63, 3.8) is 0 Å². The van der Waals surface area contributed by atoms with Crippen molar-refractivity contribution >= 4 is 34.6 Å². The molecule has 0 fully saturated rings. The van der Waals surface area contributed by atoms with Gasteiger partial charge in [-0.2, -0.15) is 0 Å². The molecule has 0 amide bonds. The fourth-order valence-electron chi connectivity index (χ4n) is 3.02. The number of thiocarbonyl (C=S) groups is 1. The second-order valence-electron chi connectivity index (χ2n) is 6.68. The Balaban J connectivity index is 1.83. The van der Waals surface area contributed by atoms with Crippen LogP contribution in [0.5, 0.6) is 11.5 Å². The van der Waals surface area contributed by atoms with Gasteiger partial charge in [-0.3, -0.25) is 0 Å². The maximum atomic E-state index is 6.00. The van der Waals surface area contributed by atoms with E-state index in [1.807, 2.05) is 73.7 Å². The summed E-state index contributed by atoms with van der Waals surface area (Å²) in [6.07, 6.45) is 0. The van der Waals surface area contributed by atoms with E-state index in [0.29, 0.717) is 29.8 Å². The number of halogens is 1. The number of anilines is 1. The van der Waals surface area contributed by atoms with Crippen LogP contribution in [0.3, 0.4) is 0 Å². The number of nitrogens with one attached hydrogen (secondary N) is 1. The predicted octanol–water partition coefficient (Wildman–Crippen LogP) is 6.15. The molecule has 0 heterocycles. The molecule has 3 rings (SSSR count). The lowest BCUT2D eigenvalue weighted by molar-refractivity contribution is 0.327. The Kier molecular flexibility index (Phi) is 7.94. The first kappa shape index (κ1) is 21.9. The van der Waals surface area contributed by atoms with Crippen LogP contribution in [0.15, 0.2) is 72.8 Å². The van der Waals surface area contributed by atoms with Crippen molar-refractivity contribution in [2.75, 3.05) is 19.0 Å². The van der Waals surface area contributed by atoms with E-state index in [-0.39, 0.29) is 0 Å². The number of para-hydroxylation sites is 1. The summed E-state index contributed by atoms with van der Waals surface area (Å²) < 4.78 is 11.1. The topological polar surface area (TPSA) is 33.7 Å². The number of benzene rings is 3. The van der Waals surface area contributed by atoms with E-state index in [9.17, 15) is 0 Å². The predicted molar refractivity (Wildman–Crippen MR) is 128 cm³/mol. The largest absolute Gasteiger partial charge is 0.497 e. The van der Waals surface area contributed by atoms with Crippen LogP contribution in [0.1, 0.15) is 18.1 Å². The lowest BCUT2D eigenvalue weighted by Crippen LogP contribution is -2.34. The molecular weight excluding hydrogens is 416 g/mol. The average Bonchev–Trinajstić information content (AvgIpc) is 2.77. The van der Waals surface area contributed by atoms with E-state index in [1.165, 1.54) is 0 Å². The fourth-order valence-corrected chi connectivity index (χ4v) is 3.40. The molecule has 1 N–H and O–H groups in total. The molecule has 0 aliphatic carbocycles. The first-order valence-corrected chi connectivity index (χ1v) is 10.5. The van der Waals surface area contributed by atoms with Crippen LogP contribution < -0.4 is 14.8 Å². The summed E-state index contributed by atoms with van der Waals surface area (Å²) in [7, 11) is 1.66. The van der Waals surface area contributed by atoms with Crippen LogP contribution in [0.4, 0.5) is 5.69 Å². The fraction of sp³-hybridized carbons (Fsp3) is 0.208. The summed E-state index contributed by atoms with van der Waals surface area (Å²) >= 11 is 11.8. The van der Waals surface area contributed by atoms with Gasteiger partial charge in [0.15, 0.2) is 5.11 Å².